The Hall–Kier alpha value is -4.80. The number of hydrogen-bond acceptors (Lipinski definition) is 7. The molecule has 1 N–H and O–H groups in total. The molecule has 1 aliphatic heterocycles. The summed E-state index contributed by atoms with van der Waals surface area (Å²) in [5.41, 5.74) is 8.01. The highest BCUT2D eigenvalue weighted by Crippen LogP contribution is 2.36. The van der Waals surface area contributed by atoms with Crippen molar-refractivity contribution in [1.82, 2.24) is 5.32 Å². The van der Waals surface area contributed by atoms with Crippen molar-refractivity contribution in [3.63, 3.8) is 0 Å². The summed E-state index contributed by atoms with van der Waals surface area (Å²) in [6.07, 6.45) is 1.35. The van der Waals surface area contributed by atoms with Crippen LogP contribution >= 0.6 is 0 Å². The lowest BCUT2D eigenvalue weighted by Crippen LogP contribution is -2.17. The quantitative estimate of drug-likeness (QED) is 0.164. The maximum Gasteiger partial charge on any atom is 0.161 e. The minimum absolute atomic E-state index is 0.195. The highest BCUT2D eigenvalue weighted by Gasteiger charge is 2.16. The number of fused-ring (bicyclic) bond motifs is 1. The van der Waals surface area contributed by atoms with E-state index in [9.17, 15) is 10.1 Å². The highest BCUT2D eigenvalue weighted by atomic mass is 16.6. The van der Waals surface area contributed by atoms with Crippen LogP contribution in [0.4, 0.5) is 0 Å². The lowest BCUT2D eigenvalue weighted by molar-refractivity contribution is -0.117. The zero-order valence-corrected chi connectivity index (χ0v) is 25.6. The predicted molar refractivity (Wildman–Crippen MR) is 170 cm³/mol. The van der Waals surface area contributed by atoms with Gasteiger partial charge in [0.25, 0.3) is 0 Å². The molecule has 0 aliphatic carbocycles. The predicted octanol–water partition coefficient (Wildman–Crippen LogP) is 7.23. The van der Waals surface area contributed by atoms with Gasteiger partial charge in [0.1, 0.15) is 43.7 Å². The zero-order valence-electron chi connectivity index (χ0n) is 25.6. The summed E-state index contributed by atoms with van der Waals surface area (Å²) >= 11 is 0. The van der Waals surface area contributed by atoms with Crippen LogP contribution < -0.4 is 24.3 Å². The fourth-order valence-corrected chi connectivity index (χ4v) is 5.28. The number of benzene rings is 4. The molecule has 0 unspecified atom stereocenters. The molecule has 4 aromatic rings. The van der Waals surface area contributed by atoms with Gasteiger partial charge in [-0.25, -0.2) is 0 Å². The SMILES string of the molecule is CC(=O)CCCNCc1c(C)cc(OCc2cccc(-c3ccc4c(c3)OCCO4)c2C)cc1OCc1cccc(C#N)c1. The van der Waals surface area contributed by atoms with Crippen molar-refractivity contribution in [2.75, 3.05) is 19.8 Å². The van der Waals surface area contributed by atoms with Crippen LogP contribution in [0.1, 0.15) is 53.1 Å². The van der Waals surface area contributed by atoms with E-state index in [2.05, 4.69) is 43.4 Å². The maximum atomic E-state index is 11.3. The monoisotopic (exact) mass is 590 g/mol. The van der Waals surface area contributed by atoms with Crippen LogP contribution in [0.15, 0.2) is 72.8 Å². The van der Waals surface area contributed by atoms with Crippen LogP contribution in [-0.4, -0.2) is 25.5 Å². The fraction of sp³-hybridized carbons (Fsp3) is 0.297. The van der Waals surface area contributed by atoms with Gasteiger partial charge in [-0.1, -0.05) is 36.4 Å². The van der Waals surface area contributed by atoms with E-state index in [0.29, 0.717) is 50.7 Å². The van der Waals surface area contributed by atoms with E-state index in [-0.39, 0.29) is 5.78 Å². The molecule has 0 atom stereocenters. The molecule has 7 heteroatoms. The van der Waals surface area contributed by atoms with E-state index in [1.54, 1.807) is 13.0 Å². The number of rotatable bonds is 13. The Morgan fingerprint density at radius 1 is 0.932 bits per heavy atom. The van der Waals surface area contributed by atoms with Crippen molar-refractivity contribution >= 4 is 5.78 Å². The average Bonchev–Trinajstić information content (AvgIpc) is 3.03. The normalized spacial score (nSPS) is 12.0. The second-order valence-corrected chi connectivity index (χ2v) is 11.0. The molecule has 44 heavy (non-hydrogen) atoms. The number of ketones is 1. The summed E-state index contributed by atoms with van der Waals surface area (Å²) in [6.45, 7) is 8.97. The molecule has 226 valence electrons. The van der Waals surface area contributed by atoms with Crippen molar-refractivity contribution in [3.8, 4) is 40.2 Å². The molecule has 0 saturated carbocycles. The standard InChI is InChI=1S/C37H38N2O5/c1-25-17-32(43-24-31-10-5-11-33(27(31)3)30-12-13-35-37(19-30)42-16-15-41-35)20-36(34(25)22-39-14-6-7-26(2)40)44-23-29-9-4-8-28(18-29)21-38/h4-5,8-13,17-20,39H,6-7,14-16,22-24H2,1-3H3. The Labute approximate surface area is 259 Å². The number of hydrogen-bond donors (Lipinski definition) is 1. The van der Waals surface area contributed by atoms with Gasteiger partial charge in [0.05, 0.1) is 11.6 Å². The second-order valence-electron chi connectivity index (χ2n) is 11.0. The van der Waals surface area contributed by atoms with Gasteiger partial charge in [-0.15, -0.1) is 0 Å². The molecule has 0 amide bonds. The first-order chi connectivity index (χ1) is 21.4. The number of Topliss-reactive ketones (excluding diaryl/α,β-unsaturated/α-hetero) is 1. The van der Waals surface area contributed by atoms with Crippen LogP contribution in [0.3, 0.4) is 0 Å². The fourth-order valence-electron chi connectivity index (χ4n) is 5.28. The Balaban J connectivity index is 1.33. The summed E-state index contributed by atoms with van der Waals surface area (Å²) in [5.74, 6) is 3.18. The molecular weight excluding hydrogens is 552 g/mol. The number of carbonyl (C=O) groups is 1. The van der Waals surface area contributed by atoms with Crippen molar-refractivity contribution in [1.29, 1.82) is 5.26 Å². The van der Waals surface area contributed by atoms with Crippen LogP contribution in [-0.2, 0) is 24.6 Å². The molecule has 0 fully saturated rings. The largest absolute Gasteiger partial charge is 0.489 e. The van der Waals surface area contributed by atoms with Crippen molar-refractivity contribution in [2.24, 2.45) is 0 Å². The van der Waals surface area contributed by atoms with E-state index in [0.717, 1.165) is 69.2 Å². The molecule has 0 spiro atoms. The summed E-state index contributed by atoms with van der Waals surface area (Å²) < 4.78 is 24.2. The van der Waals surface area contributed by atoms with E-state index in [1.165, 1.54) is 0 Å². The lowest BCUT2D eigenvalue weighted by Gasteiger charge is -2.20. The van der Waals surface area contributed by atoms with E-state index >= 15 is 0 Å². The number of nitriles is 1. The molecule has 5 rings (SSSR count). The molecule has 0 radical (unpaired) electrons. The molecule has 0 bridgehead atoms. The Bertz CT molecular complexity index is 1670. The second kappa shape index (κ2) is 14.6. The van der Waals surface area contributed by atoms with Crippen molar-refractivity contribution in [2.45, 2.75) is 53.4 Å². The van der Waals surface area contributed by atoms with Crippen LogP contribution in [0, 0.1) is 25.2 Å². The molecule has 0 aromatic heterocycles. The number of nitrogens with zero attached hydrogens (tertiary/aromatic N) is 1. The van der Waals surface area contributed by atoms with Gasteiger partial charge >= 0.3 is 0 Å². The summed E-state index contributed by atoms with van der Waals surface area (Å²) in [4.78, 5) is 11.3. The molecule has 7 nitrogen and oxygen atoms in total. The van der Waals surface area contributed by atoms with Crippen LogP contribution in [0.5, 0.6) is 23.0 Å². The lowest BCUT2D eigenvalue weighted by atomic mass is 9.96. The summed E-state index contributed by atoms with van der Waals surface area (Å²) in [5, 5.41) is 12.7. The van der Waals surface area contributed by atoms with E-state index in [4.69, 9.17) is 18.9 Å². The van der Waals surface area contributed by atoms with Crippen molar-refractivity contribution < 1.29 is 23.7 Å². The topological polar surface area (TPSA) is 89.8 Å². The first kappa shape index (κ1) is 30.7. The van der Waals surface area contributed by atoms with Gasteiger partial charge in [-0.05, 0) is 97.4 Å². The van der Waals surface area contributed by atoms with Gasteiger partial charge in [0, 0.05) is 24.6 Å². The third-order valence-corrected chi connectivity index (χ3v) is 7.73. The van der Waals surface area contributed by atoms with Crippen molar-refractivity contribution in [3.05, 3.63) is 106 Å². The van der Waals surface area contributed by atoms with E-state index < -0.39 is 0 Å². The van der Waals surface area contributed by atoms with Gasteiger partial charge in [0.2, 0.25) is 0 Å². The Morgan fingerprint density at radius 2 is 1.75 bits per heavy atom. The Kier molecular flexibility index (Phi) is 10.2. The third kappa shape index (κ3) is 7.77. The van der Waals surface area contributed by atoms with Gasteiger partial charge < -0.3 is 29.1 Å². The molecule has 4 aromatic carbocycles. The highest BCUT2D eigenvalue weighted by molar-refractivity contribution is 5.75. The summed E-state index contributed by atoms with van der Waals surface area (Å²) in [6, 6.07) is 25.9. The zero-order chi connectivity index (χ0) is 30.9. The first-order valence-corrected chi connectivity index (χ1v) is 15.0. The van der Waals surface area contributed by atoms with E-state index in [1.807, 2.05) is 48.5 Å². The third-order valence-electron chi connectivity index (χ3n) is 7.73. The minimum atomic E-state index is 0.195. The number of aryl methyl sites for hydroxylation is 1. The van der Waals surface area contributed by atoms with Crippen LogP contribution in [0.2, 0.25) is 0 Å². The van der Waals surface area contributed by atoms with Crippen LogP contribution in [0.25, 0.3) is 11.1 Å². The van der Waals surface area contributed by atoms with Gasteiger partial charge in [-0.3, -0.25) is 0 Å². The number of ether oxygens (including phenoxy) is 4. The smallest absolute Gasteiger partial charge is 0.161 e. The summed E-state index contributed by atoms with van der Waals surface area (Å²) in [7, 11) is 0. The Morgan fingerprint density at radius 3 is 2.57 bits per heavy atom. The first-order valence-electron chi connectivity index (χ1n) is 15.0. The molecule has 1 heterocycles. The van der Waals surface area contributed by atoms with Gasteiger partial charge in [0.15, 0.2) is 11.5 Å². The number of nitrogens with one attached hydrogen (secondary N) is 1. The van der Waals surface area contributed by atoms with Gasteiger partial charge in [-0.2, -0.15) is 5.26 Å². The number of carbonyl (C=O) groups excluding carboxylic acids is 1. The molecule has 1 aliphatic rings. The average molecular weight is 591 g/mol. The minimum Gasteiger partial charge on any atom is -0.489 e. The maximum absolute atomic E-state index is 11.3. The molecular formula is C37H38N2O5. The molecule has 0 saturated heterocycles.